The summed E-state index contributed by atoms with van der Waals surface area (Å²) in [6.07, 6.45) is 3.79. The lowest BCUT2D eigenvalue weighted by atomic mass is 10.0. The van der Waals surface area contributed by atoms with Gasteiger partial charge in [0.15, 0.2) is 0 Å². The fraction of sp³-hybridized carbons (Fsp3) is 0.280. The minimum absolute atomic E-state index is 0.174. The Kier molecular flexibility index (Phi) is 6.72. The molecular formula is C25H29N3O2. The molecule has 0 spiro atoms. The van der Waals surface area contributed by atoms with Gasteiger partial charge in [0.1, 0.15) is 34.3 Å². The maximum absolute atomic E-state index is 6.12. The van der Waals surface area contributed by atoms with Crippen molar-refractivity contribution in [1.29, 1.82) is 0 Å². The number of nitrogens with two attached hydrogens (primary N) is 1. The predicted octanol–water partition coefficient (Wildman–Crippen LogP) is 5.75. The first kappa shape index (κ1) is 21.4. The molecule has 0 saturated heterocycles. The van der Waals surface area contributed by atoms with E-state index in [0.717, 1.165) is 29.7 Å². The highest BCUT2D eigenvalue weighted by molar-refractivity contribution is 5.97. The quantitative estimate of drug-likeness (QED) is 0.384. The van der Waals surface area contributed by atoms with E-state index < -0.39 is 0 Å². The average Bonchev–Trinajstić information content (AvgIpc) is 2.75. The second kappa shape index (κ2) is 9.44. The van der Waals surface area contributed by atoms with Gasteiger partial charge in [-0.3, -0.25) is 4.98 Å². The highest BCUT2D eigenvalue weighted by Crippen LogP contribution is 2.34. The Morgan fingerprint density at radius 3 is 2.40 bits per heavy atom. The van der Waals surface area contributed by atoms with E-state index in [1.807, 2.05) is 48.5 Å². The summed E-state index contributed by atoms with van der Waals surface area (Å²) in [4.78, 5) is 8.73. The monoisotopic (exact) mass is 403 g/mol. The van der Waals surface area contributed by atoms with E-state index in [4.69, 9.17) is 15.2 Å². The molecule has 1 heterocycles. The third-order valence-corrected chi connectivity index (χ3v) is 4.78. The minimum Gasteiger partial charge on any atom is -0.494 e. The Labute approximate surface area is 178 Å². The molecule has 5 nitrogen and oxygen atoms in total. The summed E-state index contributed by atoms with van der Waals surface area (Å²) in [6.45, 7) is 6.40. The molecule has 3 aromatic rings. The van der Waals surface area contributed by atoms with Gasteiger partial charge in [0.25, 0.3) is 0 Å². The Hall–Kier alpha value is -3.34. The van der Waals surface area contributed by atoms with Gasteiger partial charge in [0, 0.05) is 6.20 Å². The number of pyridine rings is 1. The maximum atomic E-state index is 6.12. The highest BCUT2D eigenvalue weighted by Gasteiger charge is 2.18. The molecule has 0 saturated carbocycles. The van der Waals surface area contributed by atoms with Crippen molar-refractivity contribution in [2.45, 2.75) is 39.2 Å². The predicted molar refractivity (Wildman–Crippen MR) is 123 cm³/mol. The number of rotatable bonds is 8. The summed E-state index contributed by atoms with van der Waals surface area (Å²) in [5.74, 6) is 1.86. The van der Waals surface area contributed by atoms with Gasteiger partial charge in [-0.25, -0.2) is 4.99 Å². The van der Waals surface area contributed by atoms with Crippen molar-refractivity contribution in [3.8, 4) is 22.6 Å². The lowest BCUT2D eigenvalue weighted by Crippen LogP contribution is -2.27. The molecule has 0 amide bonds. The van der Waals surface area contributed by atoms with Crippen molar-refractivity contribution in [3.05, 3.63) is 72.6 Å². The van der Waals surface area contributed by atoms with E-state index >= 15 is 0 Å². The zero-order valence-electron chi connectivity index (χ0n) is 18.1. The zero-order valence-corrected chi connectivity index (χ0v) is 18.1. The number of hydrogen-bond donors (Lipinski definition) is 1. The molecule has 0 unspecified atom stereocenters. The van der Waals surface area contributed by atoms with Gasteiger partial charge in [-0.05, 0) is 67.8 Å². The van der Waals surface area contributed by atoms with E-state index in [0.29, 0.717) is 23.0 Å². The van der Waals surface area contributed by atoms with Crippen LogP contribution in [0.3, 0.4) is 0 Å². The lowest BCUT2D eigenvalue weighted by Gasteiger charge is -2.26. The smallest absolute Gasteiger partial charge is 0.150 e. The molecule has 5 heteroatoms. The van der Waals surface area contributed by atoms with E-state index in [2.05, 4.69) is 42.9 Å². The van der Waals surface area contributed by atoms with Crippen molar-refractivity contribution in [3.63, 3.8) is 0 Å². The van der Waals surface area contributed by atoms with Crippen molar-refractivity contribution >= 4 is 11.5 Å². The average molecular weight is 404 g/mol. The van der Waals surface area contributed by atoms with Crippen LogP contribution in [-0.2, 0) is 0 Å². The Morgan fingerprint density at radius 2 is 1.77 bits per heavy atom. The molecule has 156 valence electrons. The van der Waals surface area contributed by atoms with E-state index in [1.54, 1.807) is 13.3 Å². The summed E-state index contributed by atoms with van der Waals surface area (Å²) in [7, 11) is 1.63. The molecule has 0 aliphatic rings. The fourth-order valence-electron chi connectivity index (χ4n) is 3.34. The number of nitrogens with zero attached hydrogens (tertiary/aromatic N) is 2. The second-order valence-corrected chi connectivity index (χ2v) is 7.73. The van der Waals surface area contributed by atoms with E-state index in [-0.39, 0.29) is 5.60 Å². The van der Waals surface area contributed by atoms with Crippen LogP contribution < -0.4 is 15.2 Å². The van der Waals surface area contributed by atoms with E-state index in [9.17, 15) is 0 Å². The standard InChI is InChI=1S/C25H29N3O2/c1-5-15-25(2,3)30-20-12-9-18(10-13-20)19-11-14-21(23(17-19)29-4)28-24(26)22-8-6-7-16-27-22/h6-14,16-17H,5,15H2,1-4H3,(H2,26,28). The number of methoxy groups -OCH3 is 1. The van der Waals surface area contributed by atoms with Gasteiger partial charge in [0.05, 0.1) is 7.11 Å². The van der Waals surface area contributed by atoms with Crippen LogP contribution in [0.25, 0.3) is 11.1 Å². The molecule has 1 aromatic heterocycles. The molecule has 0 bridgehead atoms. The van der Waals surface area contributed by atoms with Crippen LogP contribution >= 0.6 is 0 Å². The highest BCUT2D eigenvalue weighted by atomic mass is 16.5. The van der Waals surface area contributed by atoms with Gasteiger partial charge in [-0.1, -0.05) is 37.6 Å². The first-order valence-electron chi connectivity index (χ1n) is 10.1. The minimum atomic E-state index is -0.174. The van der Waals surface area contributed by atoms with Crippen molar-refractivity contribution in [1.82, 2.24) is 4.98 Å². The molecule has 0 fully saturated rings. The van der Waals surface area contributed by atoms with Gasteiger partial charge in [-0.2, -0.15) is 0 Å². The first-order valence-corrected chi connectivity index (χ1v) is 10.1. The van der Waals surface area contributed by atoms with E-state index in [1.165, 1.54) is 0 Å². The van der Waals surface area contributed by atoms with Gasteiger partial charge >= 0.3 is 0 Å². The van der Waals surface area contributed by atoms with Crippen LogP contribution in [0.2, 0.25) is 0 Å². The Bertz CT molecular complexity index is 997. The molecular weight excluding hydrogens is 374 g/mol. The van der Waals surface area contributed by atoms with Gasteiger partial charge in [-0.15, -0.1) is 0 Å². The SMILES string of the molecule is CCCC(C)(C)Oc1ccc(-c2ccc(N=C(N)c3ccccn3)c(OC)c2)cc1. The molecule has 2 aromatic carbocycles. The largest absolute Gasteiger partial charge is 0.494 e. The van der Waals surface area contributed by atoms with Crippen molar-refractivity contribution in [2.75, 3.05) is 7.11 Å². The van der Waals surface area contributed by atoms with Crippen LogP contribution in [0, 0.1) is 0 Å². The Morgan fingerprint density at radius 1 is 1.03 bits per heavy atom. The number of ether oxygens (including phenoxy) is 2. The number of benzene rings is 2. The summed E-state index contributed by atoms with van der Waals surface area (Å²) < 4.78 is 11.7. The number of amidine groups is 1. The molecule has 3 rings (SSSR count). The topological polar surface area (TPSA) is 69.7 Å². The van der Waals surface area contributed by atoms with Crippen LogP contribution in [0.4, 0.5) is 5.69 Å². The Balaban J connectivity index is 1.82. The first-order chi connectivity index (χ1) is 14.4. The molecule has 0 aliphatic carbocycles. The van der Waals surface area contributed by atoms with Gasteiger partial charge < -0.3 is 15.2 Å². The van der Waals surface area contributed by atoms with Gasteiger partial charge in [0.2, 0.25) is 0 Å². The lowest BCUT2D eigenvalue weighted by molar-refractivity contribution is 0.0986. The number of aliphatic imine (C=N–C) groups is 1. The molecule has 0 radical (unpaired) electrons. The van der Waals surface area contributed by atoms with Crippen LogP contribution in [0.5, 0.6) is 11.5 Å². The van der Waals surface area contributed by atoms with Crippen LogP contribution in [-0.4, -0.2) is 23.5 Å². The fourth-order valence-corrected chi connectivity index (χ4v) is 3.34. The molecule has 2 N–H and O–H groups in total. The molecule has 30 heavy (non-hydrogen) atoms. The summed E-state index contributed by atoms with van der Waals surface area (Å²) in [5, 5.41) is 0. The second-order valence-electron chi connectivity index (χ2n) is 7.73. The normalized spacial score (nSPS) is 11.9. The number of aromatic nitrogens is 1. The molecule has 0 aliphatic heterocycles. The molecule has 0 atom stereocenters. The zero-order chi connectivity index (χ0) is 21.6. The van der Waals surface area contributed by atoms with Crippen molar-refractivity contribution in [2.24, 2.45) is 10.7 Å². The number of hydrogen-bond acceptors (Lipinski definition) is 4. The third-order valence-electron chi connectivity index (χ3n) is 4.78. The summed E-state index contributed by atoms with van der Waals surface area (Å²) in [5.41, 5.74) is 9.32. The maximum Gasteiger partial charge on any atom is 0.150 e. The van der Waals surface area contributed by atoms with Crippen LogP contribution in [0.1, 0.15) is 39.3 Å². The summed E-state index contributed by atoms with van der Waals surface area (Å²) in [6, 6.07) is 19.5. The summed E-state index contributed by atoms with van der Waals surface area (Å²) >= 11 is 0. The van der Waals surface area contributed by atoms with Crippen molar-refractivity contribution < 1.29 is 9.47 Å². The van der Waals surface area contributed by atoms with Crippen LogP contribution in [0.15, 0.2) is 71.9 Å². The third kappa shape index (κ3) is 5.38.